The molecular weight excluding hydrogens is 472 g/mol. The van der Waals surface area contributed by atoms with Crippen LogP contribution in [0, 0.1) is 11.3 Å². The van der Waals surface area contributed by atoms with Gasteiger partial charge in [0.25, 0.3) is 0 Å². The van der Waals surface area contributed by atoms with Crippen molar-refractivity contribution in [3.05, 3.63) is 42.5 Å². The van der Waals surface area contributed by atoms with E-state index in [1.54, 1.807) is 23.1 Å². The minimum Gasteiger partial charge on any atom is -0.443 e. The monoisotopic (exact) mass is 500 g/mol. The van der Waals surface area contributed by atoms with Crippen LogP contribution in [0.2, 0.25) is 0 Å². The summed E-state index contributed by atoms with van der Waals surface area (Å²) in [7, 11) is 0. The van der Waals surface area contributed by atoms with Gasteiger partial charge >= 0.3 is 6.09 Å². The number of carbonyl (C=O) groups is 1. The number of nitrogens with one attached hydrogen (secondary N) is 1. The molecule has 1 aliphatic carbocycles. The fourth-order valence-corrected chi connectivity index (χ4v) is 4.75. The zero-order valence-electron chi connectivity index (χ0n) is 20.9. The Kier molecular flexibility index (Phi) is 6.20. The molecule has 1 saturated carbocycles. The van der Waals surface area contributed by atoms with Crippen LogP contribution in [0.5, 0.6) is 0 Å². The molecule has 3 N–H and O–H groups in total. The number of carbonyl (C=O) groups excluding carboxylic acids is 1. The Labute approximate surface area is 213 Å². The van der Waals surface area contributed by atoms with E-state index in [0.717, 1.165) is 29.5 Å². The maximum atomic E-state index is 11.2. The maximum Gasteiger partial charge on any atom is 0.405 e. The summed E-state index contributed by atoms with van der Waals surface area (Å²) in [5.41, 5.74) is 8.14. The van der Waals surface area contributed by atoms with Crippen LogP contribution >= 0.6 is 0 Å². The third-order valence-corrected chi connectivity index (χ3v) is 6.61. The molecule has 0 radical (unpaired) electrons. The molecule has 0 aromatic carbocycles. The first-order valence-corrected chi connectivity index (χ1v) is 12.2. The molecule has 4 aromatic heterocycles. The summed E-state index contributed by atoms with van der Waals surface area (Å²) in [6.07, 6.45) is 9.14. The first-order valence-electron chi connectivity index (χ1n) is 12.2. The number of pyridine rings is 2. The van der Waals surface area contributed by atoms with Crippen LogP contribution in [0.1, 0.15) is 58.1 Å². The average Bonchev–Trinajstić information content (AvgIpc) is 3.50. The second-order valence-corrected chi connectivity index (χ2v) is 9.88. The van der Waals surface area contributed by atoms with Crippen LogP contribution in [-0.4, -0.2) is 52.5 Å². The highest BCUT2D eigenvalue weighted by Gasteiger charge is 2.35. The summed E-state index contributed by atoms with van der Waals surface area (Å²) < 4.78 is 8.85. The number of anilines is 1. The van der Waals surface area contributed by atoms with E-state index in [1.165, 1.54) is 6.20 Å². The summed E-state index contributed by atoms with van der Waals surface area (Å²) in [4.78, 5) is 20.3. The lowest BCUT2D eigenvalue weighted by Gasteiger charge is -2.36. The van der Waals surface area contributed by atoms with Gasteiger partial charge in [-0.2, -0.15) is 15.0 Å². The second kappa shape index (κ2) is 9.50. The molecule has 4 aromatic rings. The van der Waals surface area contributed by atoms with E-state index in [9.17, 15) is 4.79 Å². The number of nitrogens with two attached hydrogens (primary N) is 1. The molecule has 5 rings (SSSR count). The van der Waals surface area contributed by atoms with Crippen molar-refractivity contribution >= 4 is 22.8 Å². The van der Waals surface area contributed by atoms with E-state index < -0.39 is 11.7 Å². The van der Waals surface area contributed by atoms with E-state index in [2.05, 4.69) is 50.6 Å². The highest BCUT2D eigenvalue weighted by atomic mass is 16.6. The number of aromatic nitrogens is 7. The van der Waals surface area contributed by atoms with Gasteiger partial charge in [-0.25, -0.2) is 19.4 Å². The Morgan fingerprint density at radius 3 is 2.73 bits per heavy atom. The number of ether oxygens (including phenoxy) is 1. The van der Waals surface area contributed by atoms with E-state index >= 15 is 0 Å². The highest BCUT2D eigenvalue weighted by Crippen LogP contribution is 2.37. The zero-order valence-corrected chi connectivity index (χ0v) is 20.9. The van der Waals surface area contributed by atoms with Crippen LogP contribution in [0.15, 0.2) is 36.9 Å². The predicted molar refractivity (Wildman–Crippen MR) is 136 cm³/mol. The molecule has 0 unspecified atom stereocenters. The normalized spacial score (nSPS) is 19.6. The quantitative estimate of drug-likeness (QED) is 0.401. The molecule has 0 bridgehead atoms. The Hall–Kier alpha value is -4.53. The summed E-state index contributed by atoms with van der Waals surface area (Å²) >= 11 is 0. The van der Waals surface area contributed by atoms with Gasteiger partial charge in [0, 0.05) is 41.1 Å². The summed E-state index contributed by atoms with van der Waals surface area (Å²) in [5, 5.41) is 26.7. The van der Waals surface area contributed by atoms with Crippen LogP contribution in [0.4, 0.5) is 10.5 Å². The highest BCUT2D eigenvalue weighted by molar-refractivity contribution is 5.79. The molecule has 190 valence electrons. The summed E-state index contributed by atoms with van der Waals surface area (Å²) in [6, 6.07) is 6.07. The fourth-order valence-electron chi connectivity index (χ4n) is 4.75. The fraction of sp³-hybridized carbons (Fsp3) is 0.400. The number of hydrogen-bond donors (Lipinski definition) is 2. The minimum absolute atomic E-state index is 0.152. The van der Waals surface area contributed by atoms with Crippen molar-refractivity contribution in [3.8, 4) is 23.1 Å². The van der Waals surface area contributed by atoms with E-state index in [0.29, 0.717) is 35.6 Å². The molecule has 4 heterocycles. The van der Waals surface area contributed by atoms with Gasteiger partial charge in [-0.05, 0) is 52.5 Å². The van der Waals surface area contributed by atoms with Crippen LogP contribution in [0.25, 0.3) is 28.1 Å². The molecule has 1 amide bonds. The van der Waals surface area contributed by atoms with Gasteiger partial charge in [0.1, 0.15) is 17.4 Å². The van der Waals surface area contributed by atoms with Crippen molar-refractivity contribution in [3.63, 3.8) is 0 Å². The SMILES string of the molecule is CC(C)Nc1cc(-n2ncc3cc(C#N)cnc32)ncc1-c1cn(C2CCC(C)(OC(N)=O)CC2)nn1. The van der Waals surface area contributed by atoms with E-state index in [-0.39, 0.29) is 12.1 Å². The molecule has 0 aliphatic heterocycles. The maximum absolute atomic E-state index is 11.2. The number of hydrogen-bond acceptors (Lipinski definition) is 9. The lowest BCUT2D eigenvalue weighted by atomic mass is 9.83. The molecule has 1 fully saturated rings. The molecule has 0 spiro atoms. The van der Waals surface area contributed by atoms with Crippen molar-refractivity contribution in [2.24, 2.45) is 5.73 Å². The lowest BCUT2D eigenvalue weighted by molar-refractivity contribution is -0.00774. The number of fused-ring (bicyclic) bond motifs is 1. The molecule has 1 aliphatic rings. The summed E-state index contributed by atoms with van der Waals surface area (Å²) in [5.74, 6) is 0.590. The predicted octanol–water partition coefficient (Wildman–Crippen LogP) is 3.74. The Bertz CT molecular complexity index is 1490. The Morgan fingerprint density at radius 2 is 2.03 bits per heavy atom. The lowest BCUT2D eigenvalue weighted by Crippen LogP contribution is -2.38. The van der Waals surface area contributed by atoms with E-state index in [1.807, 2.05) is 23.9 Å². The van der Waals surface area contributed by atoms with Crippen molar-refractivity contribution in [2.75, 3.05) is 5.32 Å². The van der Waals surface area contributed by atoms with Crippen LogP contribution in [0.3, 0.4) is 0 Å². The smallest absolute Gasteiger partial charge is 0.405 e. The van der Waals surface area contributed by atoms with Gasteiger partial charge in [-0.15, -0.1) is 5.10 Å². The molecule has 12 nitrogen and oxygen atoms in total. The third kappa shape index (κ3) is 4.93. The standard InChI is InChI=1S/C25H28N10O2/c1-15(2)31-20-9-22(35-23-17(12-30-35)8-16(10-26)11-29-23)28-13-19(20)21-14-34(33-32-21)18-4-6-25(3,7-5-18)37-24(27)36/h8-9,11-15,18H,4-7H2,1-3H3,(H2,27,36)(H,28,31). The second-order valence-electron chi connectivity index (χ2n) is 9.88. The average molecular weight is 501 g/mol. The number of nitriles is 1. The van der Waals surface area contributed by atoms with Crippen LogP contribution < -0.4 is 11.1 Å². The number of amides is 1. The van der Waals surface area contributed by atoms with Gasteiger partial charge < -0.3 is 15.8 Å². The van der Waals surface area contributed by atoms with Crippen molar-refractivity contribution in [2.45, 2.75) is 64.1 Å². The molecule has 0 atom stereocenters. The largest absolute Gasteiger partial charge is 0.443 e. The number of nitrogens with zero attached hydrogens (tertiary/aromatic N) is 8. The molecule has 0 saturated heterocycles. The molecule has 37 heavy (non-hydrogen) atoms. The van der Waals surface area contributed by atoms with Gasteiger partial charge in [-0.1, -0.05) is 5.21 Å². The molecular formula is C25H28N10O2. The minimum atomic E-state index is -0.740. The molecule has 12 heteroatoms. The van der Waals surface area contributed by atoms with Crippen molar-refractivity contribution in [1.82, 2.24) is 34.7 Å². The first kappa shape index (κ1) is 24.2. The third-order valence-electron chi connectivity index (χ3n) is 6.61. The Balaban J connectivity index is 1.42. The van der Waals surface area contributed by atoms with E-state index in [4.69, 9.17) is 15.7 Å². The van der Waals surface area contributed by atoms with Gasteiger partial charge in [0.05, 0.1) is 24.0 Å². The van der Waals surface area contributed by atoms with Gasteiger partial charge in [0.15, 0.2) is 11.5 Å². The summed E-state index contributed by atoms with van der Waals surface area (Å²) in [6.45, 7) is 6.03. The Morgan fingerprint density at radius 1 is 1.24 bits per heavy atom. The van der Waals surface area contributed by atoms with Gasteiger partial charge in [-0.3, -0.25) is 0 Å². The zero-order chi connectivity index (χ0) is 26.2. The van der Waals surface area contributed by atoms with Crippen molar-refractivity contribution in [1.29, 1.82) is 5.26 Å². The van der Waals surface area contributed by atoms with Gasteiger partial charge in [0.2, 0.25) is 0 Å². The van der Waals surface area contributed by atoms with Crippen molar-refractivity contribution < 1.29 is 9.53 Å². The van der Waals surface area contributed by atoms with Crippen LogP contribution in [-0.2, 0) is 4.74 Å². The topological polar surface area (TPSA) is 162 Å². The first-order chi connectivity index (χ1) is 17.7. The number of primary amides is 1. The number of rotatable bonds is 6.